The van der Waals surface area contributed by atoms with Gasteiger partial charge in [-0.05, 0) is 30.2 Å². The standard InChI is InChI=1S/C19H16N2OS2/c22-19(21-10-9-14-5-1-3-7-17(14)21)16-6-2-4-8-18(16)24-12-15-11-23-13-20-15/h1-8,11,13H,9-10,12H2. The summed E-state index contributed by atoms with van der Waals surface area (Å²) in [6.45, 7) is 0.753. The van der Waals surface area contributed by atoms with E-state index >= 15 is 0 Å². The first-order valence-electron chi connectivity index (χ1n) is 7.81. The molecule has 0 bridgehead atoms. The van der Waals surface area contributed by atoms with Gasteiger partial charge in [-0.15, -0.1) is 23.1 Å². The van der Waals surface area contributed by atoms with Gasteiger partial charge in [0.25, 0.3) is 5.91 Å². The van der Waals surface area contributed by atoms with Crippen LogP contribution < -0.4 is 4.90 Å². The minimum absolute atomic E-state index is 0.0846. The van der Waals surface area contributed by atoms with Crippen LogP contribution in [0.5, 0.6) is 0 Å². The summed E-state index contributed by atoms with van der Waals surface area (Å²) in [5.74, 6) is 0.867. The Bertz CT molecular complexity index is 861. The Kier molecular flexibility index (Phi) is 4.36. The van der Waals surface area contributed by atoms with Crippen LogP contribution >= 0.6 is 23.1 Å². The van der Waals surface area contributed by atoms with E-state index in [9.17, 15) is 4.79 Å². The van der Waals surface area contributed by atoms with E-state index in [0.29, 0.717) is 0 Å². The summed E-state index contributed by atoms with van der Waals surface area (Å²) in [6, 6.07) is 16.0. The first-order valence-corrected chi connectivity index (χ1v) is 9.74. The van der Waals surface area contributed by atoms with Crippen molar-refractivity contribution in [3.63, 3.8) is 0 Å². The molecule has 5 heteroatoms. The number of benzene rings is 2. The summed E-state index contributed by atoms with van der Waals surface area (Å²) >= 11 is 3.27. The molecule has 3 nitrogen and oxygen atoms in total. The molecule has 0 spiro atoms. The van der Waals surface area contributed by atoms with Gasteiger partial charge in [-0.2, -0.15) is 0 Å². The number of amides is 1. The zero-order valence-corrected chi connectivity index (χ0v) is 14.6. The van der Waals surface area contributed by atoms with Crippen molar-refractivity contribution in [2.45, 2.75) is 17.1 Å². The lowest BCUT2D eigenvalue weighted by atomic mass is 10.1. The fraction of sp³-hybridized carbons (Fsp3) is 0.158. The topological polar surface area (TPSA) is 33.2 Å². The molecular formula is C19H16N2OS2. The number of thioether (sulfide) groups is 1. The van der Waals surface area contributed by atoms with Crippen LogP contribution in [0.3, 0.4) is 0 Å². The molecule has 3 aromatic rings. The summed E-state index contributed by atoms with van der Waals surface area (Å²) in [6.07, 6.45) is 0.927. The summed E-state index contributed by atoms with van der Waals surface area (Å²) in [5.41, 5.74) is 5.96. The zero-order valence-electron chi connectivity index (χ0n) is 13.0. The maximum atomic E-state index is 13.1. The second-order valence-electron chi connectivity index (χ2n) is 5.60. The molecule has 0 fully saturated rings. The highest BCUT2D eigenvalue weighted by atomic mass is 32.2. The molecule has 1 aromatic heterocycles. The van der Waals surface area contributed by atoms with Crippen LogP contribution in [-0.2, 0) is 12.2 Å². The molecular weight excluding hydrogens is 336 g/mol. The van der Waals surface area contributed by atoms with Crippen LogP contribution in [0.25, 0.3) is 0 Å². The van der Waals surface area contributed by atoms with Crippen molar-refractivity contribution in [1.82, 2.24) is 4.98 Å². The van der Waals surface area contributed by atoms with E-state index in [1.54, 1.807) is 23.1 Å². The third-order valence-electron chi connectivity index (χ3n) is 4.11. The van der Waals surface area contributed by atoms with E-state index < -0.39 is 0 Å². The predicted molar refractivity (Wildman–Crippen MR) is 99.9 cm³/mol. The molecule has 2 heterocycles. The van der Waals surface area contributed by atoms with E-state index in [4.69, 9.17) is 0 Å². The summed E-state index contributed by atoms with van der Waals surface area (Å²) in [4.78, 5) is 20.3. The first kappa shape index (κ1) is 15.4. The Balaban J connectivity index is 1.59. The fourth-order valence-electron chi connectivity index (χ4n) is 2.92. The SMILES string of the molecule is O=C(c1ccccc1SCc1cscn1)N1CCc2ccccc21. The van der Waals surface area contributed by atoms with Crippen LogP contribution in [0.15, 0.2) is 64.3 Å². The van der Waals surface area contributed by atoms with Crippen LogP contribution in [-0.4, -0.2) is 17.4 Å². The predicted octanol–water partition coefficient (Wildman–Crippen LogP) is 4.64. The Morgan fingerprint density at radius 3 is 2.88 bits per heavy atom. The maximum absolute atomic E-state index is 13.1. The van der Waals surface area contributed by atoms with E-state index in [2.05, 4.69) is 11.1 Å². The normalized spacial score (nSPS) is 13.1. The van der Waals surface area contributed by atoms with Crippen molar-refractivity contribution in [2.24, 2.45) is 0 Å². The monoisotopic (exact) mass is 352 g/mol. The van der Waals surface area contributed by atoms with Gasteiger partial charge in [0, 0.05) is 28.3 Å². The van der Waals surface area contributed by atoms with Gasteiger partial charge < -0.3 is 4.90 Å². The lowest BCUT2D eigenvalue weighted by Crippen LogP contribution is -2.29. The van der Waals surface area contributed by atoms with E-state index in [1.807, 2.05) is 58.3 Å². The fourth-order valence-corrected chi connectivity index (χ4v) is 4.54. The molecule has 24 heavy (non-hydrogen) atoms. The van der Waals surface area contributed by atoms with Crippen LogP contribution in [0, 0.1) is 0 Å². The van der Waals surface area contributed by atoms with Gasteiger partial charge in [-0.1, -0.05) is 30.3 Å². The number of nitrogens with zero attached hydrogens (tertiary/aromatic N) is 2. The van der Waals surface area contributed by atoms with Gasteiger partial charge in [-0.25, -0.2) is 4.98 Å². The maximum Gasteiger partial charge on any atom is 0.259 e. The highest BCUT2D eigenvalue weighted by Gasteiger charge is 2.26. The molecule has 0 saturated heterocycles. The molecule has 0 atom stereocenters. The van der Waals surface area contributed by atoms with Crippen molar-refractivity contribution in [3.8, 4) is 0 Å². The average molecular weight is 352 g/mol. The third-order valence-corrected chi connectivity index (χ3v) is 5.85. The summed E-state index contributed by atoms with van der Waals surface area (Å²) in [7, 11) is 0. The average Bonchev–Trinajstić information content (AvgIpc) is 3.29. The number of carbonyl (C=O) groups excluding carboxylic acids is 1. The lowest BCUT2D eigenvalue weighted by Gasteiger charge is -2.19. The molecule has 1 aliphatic heterocycles. The molecule has 1 amide bonds. The molecule has 0 unspecified atom stereocenters. The smallest absolute Gasteiger partial charge is 0.259 e. The highest BCUT2D eigenvalue weighted by Crippen LogP contribution is 2.32. The number of hydrogen-bond acceptors (Lipinski definition) is 4. The van der Waals surface area contributed by atoms with Gasteiger partial charge in [0.1, 0.15) is 0 Å². The number of para-hydroxylation sites is 1. The van der Waals surface area contributed by atoms with Gasteiger partial charge in [-0.3, -0.25) is 4.79 Å². The van der Waals surface area contributed by atoms with Crippen LogP contribution in [0.2, 0.25) is 0 Å². The molecule has 2 aromatic carbocycles. The number of hydrogen-bond donors (Lipinski definition) is 0. The van der Waals surface area contributed by atoms with Crippen molar-refractivity contribution >= 4 is 34.7 Å². The molecule has 0 saturated carbocycles. The molecule has 4 rings (SSSR count). The van der Waals surface area contributed by atoms with Crippen LogP contribution in [0.4, 0.5) is 5.69 Å². The number of aromatic nitrogens is 1. The Labute approximate surface area is 149 Å². The lowest BCUT2D eigenvalue weighted by molar-refractivity contribution is 0.0986. The van der Waals surface area contributed by atoms with E-state index in [0.717, 1.165) is 40.6 Å². The molecule has 0 N–H and O–H groups in total. The van der Waals surface area contributed by atoms with Crippen molar-refractivity contribution < 1.29 is 4.79 Å². The molecule has 0 aliphatic carbocycles. The summed E-state index contributed by atoms with van der Waals surface area (Å²) < 4.78 is 0. The van der Waals surface area contributed by atoms with Crippen LogP contribution in [0.1, 0.15) is 21.6 Å². The number of carbonyl (C=O) groups is 1. The van der Waals surface area contributed by atoms with Crippen molar-refractivity contribution in [1.29, 1.82) is 0 Å². The quantitative estimate of drug-likeness (QED) is 0.642. The van der Waals surface area contributed by atoms with E-state index in [1.165, 1.54) is 5.56 Å². The Morgan fingerprint density at radius 2 is 2.00 bits per heavy atom. The molecule has 1 aliphatic rings. The number of thiazole rings is 1. The van der Waals surface area contributed by atoms with Crippen molar-refractivity contribution in [3.05, 3.63) is 76.2 Å². The highest BCUT2D eigenvalue weighted by molar-refractivity contribution is 7.98. The second kappa shape index (κ2) is 6.79. The summed E-state index contributed by atoms with van der Waals surface area (Å²) in [5, 5.41) is 2.05. The molecule has 0 radical (unpaired) electrons. The number of anilines is 1. The second-order valence-corrected chi connectivity index (χ2v) is 7.34. The van der Waals surface area contributed by atoms with E-state index in [-0.39, 0.29) is 5.91 Å². The van der Waals surface area contributed by atoms with Gasteiger partial charge in [0.2, 0.25) is 0 Å². The Morgan fingerprint density at radius 1 is 1.17 bits per heavy atom. The number of fused-ring (bicyclic) bond motifs is 1. The van der Waals surface area contributed by atoms with Gasteiger partial charge >= 0.3 is 0 Å². The van der Waals surface area contributed by atoms with Gasteiger partial charge in [0.05, 0.1) is 16.8 Å². The Hall–Kier alpha value is -2.11. The minimum atomic E-state index is 0.0846. The van der Waals surface area contributed by atoms with Gasteiger partial charge in [0.15, 0.2) is 0 Å². The number of rotatable bonds is 4. The minimum Gasteiger partial charge on any atom is -0.308 e. The largest absolute Gasteiger partial charge is 0.308 e. The van der Waals surface area contributed by atoms with Crippen molar-refractivity contribution in [2.75, 3.05) is 11.4 Å². The zero-order chi connectivity index (χ0) is 16.4. The third kappa shape index (κ3) is 2.97. The molecule has 120 valence electrons. The first-order chi connectivity index (χ1) is 11.8.